The van der Waals surface area contributed by atoms with Crippen LogP contribution in [0.5, 0.6) is 5.75 Å². The van der Waals surface area contributed by atoms with E-state index in [2.05, 4.69) is 9.82 Å². The van der Waals surface area contributed by atoms with Crippen molar-refractivity contribution in [3.8, 4) is 5.75 Å². The molecule has 0 spiro atoms. The van der Waals surface area contributed by atoms with Gasteiger partial charge in [-0.2, -0.15) is 17.9 Å². The molecule has 1 unspecified atom stereocenters. The average Bonchev–Trinajstić information content (AvgIpc) is 3.25. The first-order valence-electron chi connectivity index (χ1n) is 10.2. The minimum atomic E-state index is -4.15. The summed E-state index contributed by atoms with van der Waals surface area (Å²) >= 11 is 0. The molecule has 0 aromatic heterocycles. The molecule has 0 fully saturated rings. The van der Waals surface area contributed by atoms with Gasteiger partial charge in [-0.1, -0.05) is 30.3 Å². The molecule has 0 amide bonds. The highest BCUT2D eigenvalue weighted by Crippen LogP contribution is 2.38. The summed E-state index contributed by atoms with van der Waals surface area (Å²) in [5.74, 6) is -0.0585. The van der Waals surface area contributed by atoms with Gasteiger partial charge in [0.2, 0.25) is 10.0 Å². The Labute approximate surface area is 197 Å². The molecule has 3 aromatic rings. The Bertz CT molecular complexity index is 1460. The van der Waals surface area contributed by atoms with Crippen LogP contribution in [0.3, 0.4) is 0 Å². The zero-order chi connectivity index (χ0) is 24.5. The van der Waals surface area contributed by atoms with Crippen LogP contribution in [0.4, 0.5) is 10.1 Å². The molecule has 8 nitrogen and oxygen atoms in total. The lowest BCUT2D eigenvalue weighted by Gasteiger charge is -2.23. The van der Waals surface area contributed by atoms with Gasteiger partial charge >= 0.3 is 0 Å². The number of sulfonamides is 2. The van der Waals surface area contributed by atoms with Gasteiger partial charge in [0.1, 0.15) is 11.6 Å². The summed E-state index contributed by atoms with van der Waals surface area (Å²) in [5, 5.41) is 4.37. The Kier molecular flexibility index (Phi) is 6.32. The Morgan fingerprint density at radius 3 is 2.35 bits per heavy atom. The van der Waals surface area contributed by atoms with E-state index in [1.54, 1.807) is 30.3 Å². The molecule has 0 saturated carbocycles. The summed E-state index contributed by atoms with van der Waals surface area (Å²) in [6.45, 7) is 0. The molecule has 178 valence electrons. The smallest absolute Gasteiger partial charge is 0.279 e. The van der Waals surface area contributed by atoms with E-state index in [0.29, 0.717) is 22.7 Å². The highest BCUT2D eigenvalue weighted by atomic mass is 32.2. The van der Waals surface area contributed by atoms with E-state index in [0.717, 1.165) is 10.7 Å². The number of nitrogens with zero attached hydrogens (tertiary/aromatic N) is 2. The fourth-order valence-electron chi connectivity index (χ4n) is 3.69. The van der Waals surface area contributed by atoms with E-state index in [4.69, 9.17) is 4.74 Å². The number of benzene rings is 3. The quantitative estimate of drug-likeness (QED) is 0.529. The minimum absolute atomic E-state index is 0.0212. The maximum Gasteiger partial charge on any atom is 0.279 e. The van der Waals surface area contributed by atoms with Gasteiger partial charge in [-0.05, 0) is 48.0 Å². The van der Waals surface area contributed by atoms with Gasteiger partial charge in [-0.3, -0.25) is 4.72 Å². The molecule has 3 aromatic carbocycles. The second kappa shape index (κ2) is 9.07. The van der Waals surface area contributed by atoms with Crippen molar-refractivity contribution in [1.29, 1.82) is 0 Å². The van der Waals surface area contributed by atoms with E-state index in [1.807, 2.05) is 0 Å². The number of anilines is 1. The Balaban J connectivity index is 1.79. The van der Waals surface area contributed by atoms with Crippen LogP contribution in [-0.4, -0.2) is 40.3 Å². The summed E-state index contributed by atoms with van der Waals surface area (Å²) in [4.78, 5) is -0.0212. The largest absolute Gasteiger partial charge is 0.497 e. The zero-order valence-electron chi connectivity index (χ0n) is 18.3. The van der Waals surface area contributed by atoms with E-state index in [9.17, 15) is 21.2 Å². The van der Waals surface area contributed by atoms with Gasteiger partial charge in [0.15, 0.2) is 0 Å². The summed E-state index contributed by atoms with van der Waals surface area (Å²) in [7, 11) is -6.18. The van der Waals surface area contributed by atoms with Crippen LogP contribution in [0.15, 0.2) is 82.8 Å². The predicted octanol–water partition coefficient (Wildman–Crippen LogP) is 3.75. The highest BCUT2D eigenvalue weighted by Gasteiger charge is 2.39. The predicted molar refractivity (Wildman–Crippen MR) is 127 cm³/mol. The Morgan fingerprint density at radius 2 is 1.71 bits per heavy atom. The van der Waals surface area contributed by atoms with Crippen LogP contribution >= 0.6 is 0 Å². The van der Waals surface area contributed by atoms with Crippen LogP contribution in [0.25, 0.3) is 0 Å². The number of rotatable bonds is 7. The molecule has 0 saturated heterocycles. The van der Waals surface area contributed by atoms with Crippen molar-refractivity contribution in [2.75, 3.05) is 18.1 Å². The summed E-state index contributed by atoms with van der Waals surface area (Å²) in [6, 6.07) is 17.3. The SMILES string of the molecule is COc1ccc(S(=O)(=O)N2N=C(c3cccc(NS(C)(=O)=O)c3)CC2c2ccccc2F)cc1. The van der Waals surface area contributed by atoms with Crippen LogP contribution in [-0.2, 0) is 20.0 Å². The third kappa shape index (κ3) is 4.90. The minimum Gasteiger partial charge on any atom is -0.497 e. The van der Waals surface area contributed by atoms with Crippen LogP contribution in [0.2, 0.25) is 0 Å². The van der Waals surface area contributed by atoms with E-state index in [1.165, 1.54) is 49.6 Å². The molecule has 1 heterocycles. The zero-order valence-corrected chi connectivity index (χ0v) is 20.0. The van der Waals surface area contributed by atoms with Crippen molar-refractivity contribution in [2.24, 2.45) is 5.10 Å². The van der Waals surface area contributed by atoms with Crippen molar-refractivity contribution >= 4 is 31.4 Å². The summed E-state index contributed by atoms with van der Waals surface area (Å²) in [6.07, 6.45) is 1.13. The van der Waals surface area contributed by atoms with E-state index >= 15 is 0 Å². The standard InChI is InChI=1S/C23H22FN3O5S2/c1-32-18-10-12-19(13-11-18)34(30,31)27-23(20-8-3-4-9-21(20)24)15-22(25-27)16-6-5-7-17(14-16)26-33(2,28)29/h3-14,23,26H,15H2,1-2H3. The molecule has 0 radical (unpaired) electrons. The number of hydrazone groups is 1. The Hall–Kier alpha value is -3.44. The summed E-state index contributed by atoms with van der Waals surface area (Å²) in [5.41, 5.74) is 1.38. The normalized spacial score (nSPS) is 16.3. The lowest BCUT2D eigenvalue weighted by molar-refractivity contribution is 0.362. The topological polar surface area (TPSA) is 105 Å². The van der Waals surface area contributed by atoms with Crippen molar-refractivity contribution < 1.29 is 26.0 Å². The van der Waals surface area contributed by atoms with Crippen LogP contribution in [0, 0.1) is 5.82 Å². The van der Waals surface area contributed by atoms with Crippen molar-refractivity contribution in [1.82, 2.24) is 4.41 Å². The van der Waals surface area contributed by atoms with E-state index in [-0.39, 0.29) is 16.9 Å². The van der Waals surface area contributed by atoms with Crippen molar-refractivity contribution in [3.05, 3.63) is 89.7 Å². The molecule has 1 aliphatic heterocycles. The van der Waals surface area contributed by atoms with Gasteiger partial charge in [0.25, 0.3) is 10.0 Å². The fourth-order valence-corrected chi connectivity index (χ4v) is 5.67. The molecule has 0 aliphatic carbocycles. The molecule has 4 rings (SSSR count). The molecule has 1 aliphatic rings. The maximum atomic E-state index is 14.7. The number of ether oxygens (including phenoxy) is 1. The number of methoxy groups -OCH3 is 1. The van der Waals surface area contributed by atoms with Crippen LogP contribution < -0.4 is 9.46 Å². The second-order valence-electron chi connectivity index (χ2n) is 7.70. The number of halogens is 1. The number of hydrogen-bond acceptors (Lipinski definition) is 6. The maximum absolute atomic E-state index is 14.7. The third-order valence-electron chi connectivity index (χ3n) is 5.24. The molecule has 1 N–H and O–H groups in total. The Morgan fingerprint density at radius 1 is 1.00 bits per heavy atom. The monoisotopic (exact) mass is 503 g/mol. The molecular formula is C23H22FN3O5S2. The summed E-state index contributed by atoms with van der Waals surface area (Å²) < 4.78 is 73.4. The molecule has 34 heavy (non-hydrogen) atoms. The van der Waals surface area contributed by atoms with Gasteiger partial charge < -0.3 is 4.74 Å². The molecular weight excluding hydrogens is 481 g/mol. The fraction of sp³-hybridized carbons (Fsp3) is 0.174. The third-order valence-corrected chi connectivity index (χ3v) is 7.54. The highest BCUT2D eigenvalue weighted by molar-refractivity contribution is 7.92. The number of nitrogens with one attached hydrogen (secondary N) is 1. The lowest BCUT2D eigenvalue weighted by Crippen LogP contribution is -2.27. The first kappa shape index (κ1) is 23.7. The van der Waals surface area contributed by atoms with Gasteiger partial charge in [0, 0.05) is 17.7 Å². The average molecular weight is 504 g/mol. The van der Waals surface area contributed by atoms with Crippen LogP contribution in [0.1, 0.15) is 23.6 Å². The molecule has 11 heteroatoms. The first-order valence-corrected chi connectivity index (χ1v) is 13.5. The first-order chi connectivity index (χ1) is 16.1. The van der Waals surface area contributed by atoms with Gasteiger partial charge in [0.05, 0.1) is 30.0 Å². The van der Waals surface area contributed by atoms with Gasteiger partial charge in [-0.25, -0.2) is 12.8 Å². The molecule has 0 bridgehead atoms. The van der Waals surface area contributed by atoms with Gasteiger partial charge in [-0.15, -0.1) is 0 Å². The van der Waals surface area contributed by atoms with Crippen molar-refractivity contribution in [2.45, 2.75) is 17.4 Å². The van der Waals surface area contributed by atoms with E-state index < -0.39 is 31.9 Å². The lowest BCUT2D eigenvalue weighted by atomic mass is 9.98. The second-order valence-corrected chi connectivity index (χ2v) is 11.2. The number of hydrogen-bond donors (Lipinski definition) is 1. The molecule has 1 atom stereocenters. The van der Waals surface area contributed by atoms with Crippen molar-refractivity contribution in [3.63, 3.8) is 0 Å².